The van der Waals surface area contributed by atoms with Gasteiger partial charge in [-0.1, -0.05) is 115 Å². The molecule has 202 valence electrons. The minimum atomic E-state index is 0.535. The number of hydrogen-bond acceptors (Lipinski definition) is 6. The van der Waals surface area contributed by atoms with Crippen LogP contribution < -0.4 is 0 Å². The lowest BCUT2D eigenvalue weighted by atomic mass is 10.0. The van der Waals surface area contributed by atoms with Crippen LogP contribution in [0.3, 0.4) is 0 Å². The Labute approximate surface area is 252 Å². The van der Waals surface area contributed by atoms with Crippen LogP contribution in [0.25, 0.3) is 77.1 Å². The van der Waals surface area contributed by atoms with E-state index in [1.165, 1.54) is 4.70 Å². The van der Waals surface area contributed by atoms with Crippen LogP contribution >= 0.6 is 11.3 Å². The van der Waals surface area contributed by atoms with Gasteiger partial charge < -0.3 is 0 Å². The third-order valence-electron chi connectivity index (χ3n) is 7.37. The second-order valence-electron chi connectivity index (χ2n) is 10.2. The van der Waals surface area contributed by atoms with E-state index in [4.69, 9.17) is 24.9 Å². The summed E-state index contributed by atoms with van der Waals surface area (Å²) in [5, 5.41) is 3.29. The molecule has 0 aliphatic heterocycles. The lowest BCUT2D eigenvalue weighted by Crippen LogP contribution is -2.01. The van der Waals surface area contributed by atoms with E-state index in [9.17, 15) is 0 Å². The van der Waals surface area contributed by atoms with Crippen LogP contribution in [0.4, 0.5) is 0 Å². The highest BCUT2D eigenvalue weighted by atomic mass is 32.1. The van der Waals surface area contributed by atoms with Crippen molar-refractivity contribution in [1.29, 1.82) is 0 Å². The summed E-state index contributed by atoms with van der Waals surface area (Å²) in [6.45, 7) is 0. The van der Waals surface area contributed by atoms with Crippen LogP contribution in [0.1, 0.15) is 0 Å². The van der Waals surface area contributed by atoms with Gasteiger partial charge in [-0.05, 0) is 29.7 Å². The Bertz CT molecular complexity index is 2170. The number of pyridine rings is 1. The zero-order valence-corrected chi connectivity index (χ0v) is 23.7. The molecule has 0 saturated carbocycles. The van der Waals surface area contributed by atoms with E-state index in [0.29, 0.717) is 23.2 Å². The molecule has 0 spiro atoms. The Kier molecular flexibility index (Phi) is 6.24. The average molecular weight is 570 g/mol. The minimum Gasteiger partial charge on any atom is -0.244 e. The lowest BCUT2D eigenvalue weighted by Gasteiger charge is -2.09. The highest BCUT2D eigenvalue weighted by molar-refractivity contribution is 7.21. The molecule has 3 aromatic heterocycles. The molecule has 0 aliphatic rings. The number of hydrogen-bond donors (Lipinski definition) is 0. The third-order valence-corrected chi connectivity index (χ3v) is 8.44. The summed E-state index contributed by atoms with van der Waals surface area (Å²) in [5.74, 6) is 1.77. The van der Waals surface area contributed by atoms with Gasteiger partial charge in [-0.2, -0.15) is 0 Å². The van der Waals surface area contributed by atoms with Gasteiger partial charge in [0, 0.05) is 27.6 Å². The molecule has 0 atom stereocenters. The Balaban J connectivity index is 1.20. The predicted molar refractivity (Wildman–Crippen MR) is 175 cm³/mol. The van der Waals surface area contributed by atoms with E-state index in [0.717, 1.165) is 49.2 Å². The molecule has 0 aliphatic carbocycles. The van der Waals surface area contributed by atoms with Gasteiger partial charge in [0.25, 0.3) is 0 Å². The van der Waals surface area contributed by atoms with Crippen molar-refractivity contribution in [3.8, 4) is 56.1 Å². The number of nitrogens with zero attached hydrogens (tertiary/aromatic N) is 5. The van der Waals surface area contributed by atoms with Crippen LogP contribution in [-0.2, 0) is 0 Å². The number of benzene rings is 5. The number of aromatic nitrogens is 5. The first-order chi connectivity index (χ1) is 21.3. The van der Waals surface area contributed by atoms with E-state index in [1.54, 1.807) is 11.3 Å². The maximum Gasteiger partial charge on any atom is 0.182 e. The first-order valence-corrected chi connectivity index (χ1v) is 14.8. The largest absolute Gasteiger partial charge is 0.244 e. The summed E-state index contributed by atoms with van der Waals surface area (Å²) in [4.78, 5) is 24.6. The fraction of sp³-hybridized carbons (Fsp3) is 0. The lowest BCUT2D eigenvalue weighted by molar-refractivity contribution is 1.06. The second kappa shape index (κ2) is 10.7. The van der Waals surface area contributed by atoms with Crippen molar-refractivity contribution in [3.05, 3.63) is 140 Å². The van der Waals surface area contributed by atoms with Gasteiger partial charge >= 0.3 is 0 Å². The molecule has 5 nitrogen and oxygen atoms in total. The standard InChI is InChI=1S/C37H23N5S/c1-4-11-24(12-5-1)34-40-35(25-13-6-2-7-14-25)42-36(41-34)31-18-10-17-30(38-31)28-19-21-29-27(23-28)20-22-32-33(29)39-37(43-32)26-15-8-3-9-16-26/h1-23H. The maximum atomic E-state index is 5.03. The van der Waals surface area contributed by atoms with Gasteiger partial charge in [-0.25, -0.2) is 24.9 Å². The fourth-order valence-corrected chi connectivity index (χ4v) is 6.21. The van der Waals surface area contributed by atoms with E-state index >= 15 is 0 Å². The summed E-state index contributed by atoms with van der Waals surface area (Å²) in [6, 6.07) is 47.1. The van der Waals surface area contributed by atoms with Gasteiger partial charge in [0.1, 0.15) is 10.7 Å². The normalized spacial score (nSPS) is 11.3. The zero-order chi connectivity index (χ0) is 28.6. The first-order valence-electron chi connectivity index (χ1n) is 14.0. The molecule has 6 heteroatoms. The van der Waals surface area contributed by atoms with E-state index < -0.39 is 0 Å². The van der Waals surface area contributed by atoms with E-state index in [-0.39, 0.29) is 0 Å². The molecule has 43 heavy (non-hydrogen) atoms. The molecule has 5 aromatic carbocycles. The molecule has 0 amide bonds. The molecule has 0 radical (unpaired) electrons. The Hall–Kier alpha value is -5.59. The fourth-order valence-electron chi connectivity index (χ4n) is 5.23. The maximum absolute atomic E-state index is 5.03. The van der Waals surface area contributed by atoms with Crippen molar-refractivity contribution in [2.45, 2.75) is 0 Å². The summed E-state index contributed by atoms with van der Waals surface area (Å²) in [6.07, 6.45) is 0. The quantitative estimate of drug-likeness (QED) is 0.207. The van der Waals surface area contributed by atoms with Crippen LogP contribution in [0.15, 0.2) is 140 Å². The average Bonchev–Trinajstić information content (AvgIpc) is 3.54. The van der Waals surface area contributed by atoms with Gasteiger partial charge in [0.05, 0.1) is 15.9 Å². The molecule has 0 N–H and O–H groups in total. The minimum absolute atomic E-state index is 0.535. The SMILES string of the molecule is c1ccc(-c2nc(-c3ccccc3)nc(-c3cccc(-c4ccc5c(ccc6sc(-c7ccccc7)nc65)c4)n3)n2)cc1. The van der Waals surface area contributed by atoms with Crippen molar-refractivity contribution < 1.29 is 0 Å². The summed E-state index contributed by atoms with van der Waals surface area (Å²) in [5.41, 5.74) is 6.59. The summed E-state index contributed by atoms with van der Waals surface area (Å²) in [7, 11) is 0. The highest BCUT2D eigenvalue weighted by Gasteiger charge is 2.15. The van der Waals surface area contributed by atoms with E-state index in [1.807, 2.05) is 84.9 Å². The van der Waals surface area contributed by atoms with E-state index in [2.05, 4.69) is 54.6 Å². The first kappa shape index (κ1) is 25.1. The van der Waals surface area contributed by atoms with Gasteiger partial charge in [0.15, 0.2) is 17.5 Å². The Morgan fingerprint density at radius 2 is 1.00 bits per heavy atom. The van der Waals surface area contributed by atoms with Crippen molar-refractivity contribution >= 4 is 32.3 Å². The smallest absolute Gasteiger partial charge is 0.182 e. The molecule has 0 saturated heterocycles. The van der Waals surface area contributed by atoms with Crippen LogP contribution in [-0.4, -0.2) is 24.9 Å². The van der Waals surface area contributed by atoms with Crippen LogP contribution in [0, 0.1) is 0 Å². The van der Waals surface area contributed by atoms with Gasteiger partial charge in [-0.3, -0.25) is 0 Å². The van der Waals surface area contributed by atoms with Crippen molar-refractivity contribution in [1.82, 2.24) is 24.9 Å². The number of thiazole rings is 1. The topological polar surface area (TPSA) is 64.5 Å². The summed E-state index contributed by atoms with van der Waals surface area (Å²) < 4.78 is 1.18. The molecule has 8 aromatic rings. The van der Waals surface area contributed by atoms with Crippen LogP contribution in [0.2, 0.25) is 0 Å². The molecule has 8 rings (SSSR count). The van der Waals surface area contributed by atoms with Gasteiger partial charge in [0.2, 0.25) is 0 Å². The number of fused-ring (bicyclic) bond motifs is 3. The van der Waals surface area contributed by atoms with Crippen molar-refractivity contribution in [2.24, 2.45) is 0 Å². The number of rotatable bonds is 5. The third kappa shape index (κ3) is 4.84. The predicted octanol–water partition coefficient (Wildman–Crippen LogP) is 9.36. The van der Waals surface area contributed by atoms with Crippen LogP contribution in [0.5, 0.6) is 0 Å². The monoisotopic (exact) mass is 569 g/mol. The van der Waals surface area contributed by atoms with Crippen molar-refractivity contribution in [3.63, 3.8) is 0 Å². The second-order valence-corrected chi connectivity index (χ2v) is 11.2. The molecule has 0 fully saturated rings. The molecular weight excluding hydrogens is 547 g/mol. The zero-order valence-electron chi connectivity index (χ0n) is 22.9. The molecule has 0 unspecified atom stereocenters. The Morgan fingerprint density at radius 3 is 1.67 bits per heavy atom. The highest BCUT2D eigenvalue weighted by Crippen LogP contribution is 2.36. The van der Waals surface area contributed by atoms with Gasteiger partial charge in [-0.15, -0.1) is 11.3 Å². The molecule has 0 bridgehead atoms. The van der Waals surface area contributed by atoms with Crippen molar-refractivity contribution in [2.75, 3.05) is 0 Å². The molecular formula is C37H23N5S. The Morgan fingerprint density at radius 1 is 0.395 bits per heavy atom. The summed E-state index contributed by atoms with van der Waals surface area (Å²) >= 11 is 1.72. The molecule has 3 heterocycles.